The van der Waals surface area contributed by atoms with E-state index in [1.165, 1.54) is 37.7 Å². The van der Waals surface area contributed by atoms with Crippen LogP contribution in [0.3, 0.4) is 0 Å². The highest BCUT2D eigenvalue weighted by molar-refractivity contribution is 7.92. The standard InChI is InChI=1S/C21H20ClN3O4S/c1-15-8-9-18(29-2)11-20(15)25(30(27,28)19-6-4-3-5-7-19)14-21(26)24-17-10-16(22)12-23-13-17/h3-13H,14H2,1-2H3,(H,24,26). The summed E-state index contributed by atoms with van der Waals surface area (Å²) in [6, 6.07) is 14.5. The summed E-state index contributed by atoms with van der Waals surface area (Å²) >= 11 is 5.90. The molecule has 30 heavy (non-hydrogen) atoms. The first kappa shape index (κ1) is 21.6. The number of nitrogens with one attached hydrogen (secondary N) is 1. The Labute approximate surface area is 180 Å². The highest BCUT2D eigenvalue weighted by Crippen LogP contribution is 2.30. The number of benzene rings is 2. The topological polar surface area (TPSA) is 88.6 Å². The zero-order valence-corrected chi connectivity index (χ0v) is 17.9. The van der Waals surface area contributed by atoms with Crippen LogP contribution in [0.25, 0.3) is 0 Å². The number of aromatic nitrogens is 1. The van der Waals surface area contributed by atoms with Crippen molar-refractivity contribution in [2.75, 3.05) is 23.3 Å². The highest BCUT2D eigenvalue weighted by Gasteiger charge is 2.28. The molecule has 0 atom stereocenters. The number of nitrogens with zero attached hydrogens (tertiary/aromatic N) is 2. The van der Waals surface area contributed by atoms with E-state index in [1.807, 2.05) is 0 Å². The van der Waals surface area contributed by atoms with E-state index < -0.39 is 22.5 Å². The van der Waals surface area contributed by atoms with Crippen LogP contribution in [0.5, 0.6) is 5.75 Å². The van der Waals surface area contributed by atoms with Crippen LogP contribution in [0.1, 0.15) is 5.56 Å². The van der Waals surface area contributed by atoms with E-state index in [1.54, 1.807) is 43.3 Å². The number of carbonyl (C=O) groups is 1. The van der Waals surface area contributed by atoms with Gasteiger partial charge in [0.1, 0.15) is 12.3 Å². The number of amides is 1. The molecule has 0 radical (unpaired) electrons. The number of aryl methyl sites for hydroxylation is 1. The van der Waals surface area contributed by atoms with Crippen LogP contribution >= 0.6 is 11.6 Å². The Morgan fingerprint density at radius 1 is 1.13 bits per heavy atom. The maximum atomic E-state index is 13.4. The number of hydrogen-bond acceptors (Lipinski definition) is 5. The van der Waals surface area contributed by atoms with E-state index in [4.69, 9.17) is 16.3 Å². The summed E-state index contributed by atoms with van der Waals surface area (Å²) in [6.45, 7) is 1.32. The largest absolute Gasteiger partial charge is 0.497 e. The fraction of sp³-hybridized carbons (Fsp3) is 0.143. The zero-order chi connectivity index (χ0) is 21.7. The molecule has 7 nitrogen and oxygen atoms in total. The van der Waals surface area contributed by atoms with Crippen molar-refractivity contribution in [2.24, 2.45) is 0 Å². The van der Waals surface area contributed by atoms with Crippen LogP contribution in [-0.4, -0.2) is 33.0 Å². The van der Waals surface area contributed by atoms with E-state index in [2.05, 4.69) is 10.3 Å². The van der Waals surface area contributed by atoms with E-state index in [0.29, 0.717) is 27.7 Å². The molecule has 0 fully saturated rings. The molecule has 3 rings (SSSR count). The molecular formula is C21H20ClN3O4S. The van der Waals surface area contributed by atoms with Crippen LogP contribution in [0, 0.1) is 6.92 Å². The molecule has 0 unspecified atom stereocenters. The number of hydrogen-bond donors (Lipinski definition) is 1. The van der Waals surface area contributed by atoms with Crippen LogP contribution in [0.2, 0.25) is 5.02 Å². The van der Waals surface area contributed by atoms with Crippen molar-refractivity contribution in [3.8, 4) is 5.75 Å². The average Bonchev–Trinajstić information content (AvgIpc) is 2.73. The van der Waals surface area contributed by atoms with Crippen LogP contribution in [-0.2, 0) is 14.8 Å². The fourth-order valence-electron chi connectivity index (χ4n) is 2.82. The smallest absolute Gasteiger partial charge is 0.264 e. The minimum Gasteiger partial charge on any atom is -0.497 e. The first-order chi connectivity index (χ1) is 14.3. The van der Waals surface area contributed by atoms with Crippen molar-refractivity contribution in [2.45, 2.75) is 11.8 Å². The summed E-state index contributed by atoms with van der Waals surface area (Å²) in [5.41, 5.74) is 1.39. The summed E-state index contributed by atoms with van der Waals surface area (Å²) in [4.78, 5) is 16.7. The van der Waals surface area contributed by atoms with Gasteiger partial charge in [0.15, 0.2) is 0 Å². The Morgan fingerprint density at radius 2 is 1.87 bits per heavy atom. The second-order valence-electron chi connectivity index (χ2n) is 6.42. The third kappa shape index (κ3) is 4.90. The van der Waals surface area contributed by atoms with Gasteiger partial charge in [0.2, 0.25) is 5.91 Å². The Morgan fingerprint density at radius 3 is 2.53 bits per heavy atom. The zero-order valence-electron chi connectivity index (χ0n) is 16.4. The second-order valence-corrected chi connectivity index (χ2v) is 8.72. The van der Waals surface area contributed by atoms with Crippen molar-refractivity contribution in [3.05, 3.63) is 77.6 Å². The SMILES string of the molecule is COc1ccc(C)c(N(CC(=O)Nc2cncc(Cl)c2)S(=O)(=O)c2ccccc2)c1. The maximum absolute atomic E-state index is 13.4. The van der Waals surface area contributed by atoms with Gasteiger partial charge in [-0.05, 0) is 36.8 Å². The van der Waals surface area contributed by atoms with Gasteiger partial charge in [-0.15, -0.1) is 0 Å². The van der Waals surface area contributed by atoms with Gasteiger partial charge in [-0.2, -0.15) is 0 Å². The minimum atomic E-state index is -4.02. The van der Waals surface area contributed by atoms with Crippen LogP contribution in [0.15, 0.2) is 71.9 Å². The molecule has 0 saturated carbocycles. The molecule has 0 aliphatic heterocycles. The van der Waals surface area contributed by atoms with Crippen molar-refractivity contribution in [1.82, 2.24) is 4.98 Å². The molecule has 0 spiro atoms. The van der Waals surface area contributed by atoms with Crippen molar-refractivity contribution >= 4 is 38.9 Å². The maximum Gasteiger partial charge on any atom is 0.264 e. The summed E-state index contributed by atoms with van der Waals surface area (Å²) in [5.74, 6) is -0.0656. The lowest BCUT2D eigenvalue weighted by Crippen LogP contribution is -2.38. The molecule has 156 valence electrons. The molecule has 1 aromatic heterocycles. The van der Waals surface area contributed by atoms with Gasteiger partial charge in [-0.25, -0.2) is 8.42 Å². The molecule has 1 amide bonds. The van der Waals surface area contributed by atoms with Gasteiger partial charge in [0.05, 0.1) is 34.6 Å². The quantitative estimate of drug-likeness (QED) is 0.596. The number of methoxy groups -OCH3 is 1. The number of sulfonamides is 1. The van der Waals surface area contributed by atoms with E-state index >= 15 is 0 Å². The first-order valence-electron chi connectivity index (χ1n) is 8.94. The monoisotopic (exact) mass is 445 g/mol. The molecule has 0 saturated heterocycles. The molecule has 1 heterocycles. The third-order valence-electron chi connectivity index (χ3n) is 4.29. The molecule has 3 aromatic rings. The molecule has 2 aromatic carbocycles. The lowest BCUT2D eigenvalue weighted by Gasteiger charge is -2.26. The van der Waals surface area contributed by atoms with E-state index in [-0.39, 0.29) is 4.90 Å². The van der Waals surface area contributed by atoms with Gasteiger partial charge in [0, 0.05) is 12.3 Å². The number of ether oxygens (including phenoxy) is 1. The van der Waals surface area contributed by atoms with Crippen LogP contribution < -0.4 is 14.4 Å². The second kappa shape index (κ2) is 9.15. The molecule has 0 aliphatic carbocycles. The minimum absolute atomic E-state index is 0.0736. The number of halogens is 1. The fourth-order valence-corrected chi connectivity index (χ4v) is 4.49. The van der Waals surface area contributed by atoms with Crippen LogP contribution in [0.4, 0.5) is 11.4 Å². The number of anilines is 2. The Bertz CT molecular complexity index is 1150. The molecule has 9 heteroatoms. The Balaban J connectivity index is 2.01. The van der Waals surface area contributed by atoms with Crippen molar-refractivity contribution in [3.63, 3.8) is 0 Å². The first-order valence-corrected chi connectivity index (χ1v) is 10.8. The summed E-state index contributed by atoms with van der Waals surface area (Å²) < 4.78 is 33.1. The molecule has 0 aliphatic rings. The average molecular weight is 446 g/mol. The Hall–Kier alpha value is -3.10. The number of carbonyl (C=O) groups excluding carboxylic acids is 1. The normalized spacial score (nSPS) is 11.0. The predicted molar refractivity (Wildman–Crippen MR) is 117 cm³/mol. The van der Waals surface area contributed by atoms with Gasteiger partial charge >= 0.3 is 0 Å². The highest BCUT2D eigenvalue weighted by atomic mass is 35.5. The molecular weight excluding hydrogens is 426 g/mol. The third-order valence-corrected chi connectivity index (χ3v) is 6.27. The number of pyridine rings is 1. The summed E-state index contributed by atoms with van der Waals surface area (Å²) in [6.07, 6.45) is 2.86. The predicted octanol–water partition coefficient (Wildman–Crippen LogP) is 3.89. The van der Waals surface area contributed by atoms with Crippen molar-refractivity contribution < 1.29 is 17.9 Å². The lowest BCUT2D eigenvalue weighted by atomic mass is 10.2. The van der Waals surface area contributed by atoms with Crippen molar-refractivity contribution in [1.29, 1.82) is 0 Å². The van der Waals surface area contributed by atoms with Gasteiger partial charge in [-0.3, -0.25) is 14.1 Å². The van der Waals surface area contributed by atoms with E-state index in [9.17, 15) is 13.2 Å². The van der Waals surface area contributed by atoms with Gasteiger partial charge < -0.3 is 10.1 Å². The van der Waals surface area contributed by atoms with E-state index in [0.717, 1.165) is 4.31 Å². The lowest BCUT2D eigenvalue weighted by molar-refractivity contribution is -0.114. The van der Waals surface area contributed by atoms with Gasteiger partial charge in [-0.1, -0.05) is 35.9 Å². The molecule has 1 N–H and O–H groups in total. The number of rotatable bonds is 7. The summed E-state index contributed by atoms with van der Waals surface area (Å²) in [7, 11) is -2.53. The Kier molecular flexibility index (Phi) is 6.59. The van der Waals surface area contributed by atoms with Gasteiger partial charge in [0.25, 0.3) is 10.0 Å². The summed E-state index contributed by atoms with van der Waals surface area (Å²) in [5, 5.41) is 2.98. The molecule has 0 bridgehead atoms.